The van der Waals surface area contributed by atoms with Crippen molar-refractivity contribution in [3.05, 3.63) is 106 Å². The minimum atomic E-state index is -2.11. The molecule has 0 radical (unpaired) electrons. The molecule has 1 amide bonds. The number of carbonyl (C=O) groups is 1. The molecule has 4 atom stereocenters. The molecule has 9 rings (SSSR count). The van der Waals surface area contributed by atoms with Crippen molar-refractivity contribution in [1.82, 2.24) is 25.1 Å². The monoisotopic (exact) mass is 726 g/mol. The van der Waals surface area contributed by atoms with Gasteiger partial charge in [-0.2, -0.15) is 0 Å². The Labute approximate surface area is 298 Å². The normalized spacial score (nSPS) is 20.4. The van der Waals surface area contributed by atoms with Gasteiger partial charge in [0, 0.05) is 35.7 Å². The molecular weight excluding hydrogens is 697 g/mol. The summed E-state index contributed by atoms with van der Waals surface area (Å²) in [4.78, 5) is 26.4. The molecule has 1 saturated heterocycles. The third kappa shape index (κ3) is 5.06. The number of amides is 1. The number of anilines is 1. The van der Waals surface area contributed by atoms with Crippen LogP contribution in [0.1, 0.15) is 75.4 Å². The molecule has 52 heavy (non-hydrogen) atoms. The second kappa shape index (κ2) is 12.4. The molecule has 2 aliphatic heterocycles. The second-order valence-electron chi connectivity index (χ2n) is 13.2. The first-order valence-corrected chi connectivity index (χ1v) is 17.8. The smallest absolute Gasteiger partial charge is 0.257 e. The molecular formula is C38H30F4N6O3S. The molecule has 0 saturated carbocycles. The molecule has 264 valence electrons. The average Bonchev–Trinajstić information content (AvgIpc) is 3.97. The number of aryl methyl sites for hydroxylation is 3. The molecule has 1 aliphatic carbocycles. The Kier molecular flexibility index (Phi) is 7.75. The minimum absolute atomic E-state index is 0.130. The van der Waals surface area contributed by atoms with Gasteiger partial charge in [-0.15, -0.1) is 21.5 Å². The molecule has 3 aliphatic rings. The van der Waals surface area contributed by atoms with E-state index in [9.17, 15) is 13.6 Å². The van der Waals surface area contributed by atoms with Crippen LogP contribution in [0, 0.1) is 18.6 Å². The zero-order chi connectivity index (χ0) is 35.8. The number of carbonyl (C=O) groups excluding carboxylic acids is 1. The zero-order valence-corrected chi connectivity index (χ0v) is 28.7. The fraction of sp³-hybridized carbons (Fsp3) is 0.289. The lowest BCUT2D eigenvalue weighted by atomic mass is 9.93. The summed E-state index contributed by atoms with van der Waals surface area (Å²) in [5.41, 5.74) is 3.96. The lowest BCUT2D eigenvalue weighted by Crippen LogP contribution is -2.22. The largest absolute Gasteiger partial charge is 0.493 e. The van der Waals surface area contributed by atoms with Gasteiger partial charge >= 0.3 is 0 Å². The first kappa shape index (κ1) is 32.5. The van der Waals surface area contributed by atoms with Gasteiger partial charge in [-0.05, 0) is 72.5 Å². The number of fused-ring (bicyclic) bond motifs is 5. The highest BCUT2D eigenvalue weighted by Crippen LogP contribution is 2.52. The summed E-state index contributed by atoms with van der Waals surface area (Å²) in [6, 6.07) is 11.2. The predicted molar refractivity (Wildman–Crippen MR) is 186 cm³/mol. The maximum absolute atomic E-state index is 15.7. The minimum Gasteiger partial charge on any atom is -0.493 e. The van der Waals surface area contributed by atoms with Crippen LogP contribution in [0.2, 0.25) is 0 Å². The number of ether oxygens (including phenoxy) is 1. The highest BCUT2D eigenvalue weighted by molar-refractivity contribution is 7.23. The van der Waals surface area contributed by atoms with Gasteiger partial charge in [0.1, 0.15) is 11.6 Å². The molecule has 2 aromatic carbocycles. The number of alkyl halides is 2. The van der Waals surface area contributed by atoms with Gasteiger partial charge in [0.15, 0.2) is 23.9 Å². The van der Waals surface area contributed by atoms with Gasteiger partial charge in [-0.1, -0.05) is 18.2 Å². The van der Waals surface area contributed by atoms with E-state index in [2.05, 4.69) is 20.5 Å². The molecule has 4 aromatic heterocycles. The molecule has 1 fully saturated rings. The summed E-state index contributed by atoms with van der Waals surface area (Å²) in [5, 5.41) is 12.3. The van der Waals surface area contributed by atoms with Crippen molar-refractivity contribution in [2.45, 2.75) is 57.0 Å². The number of aromatic nitrogens is 4. The maximum atomic E-state index is 15.7. The van der Waals surface area contributed by atoms with Crippen LogP contribution in [0.5, 0.6) is 5.75 Å². The van der Waals surface area contributed by atoms with Crippen LogP contribution in [0.4, 0.5) is 23.4 Å². The van der Waals surface area contributed by atoms with Gasteiger partial charge in [0.05, 0.1) is 46.4 Å². The number of pyridine rings is 2. The van der Waals surface area contributed by atoms with Crippen LogP contribution in [0.15, 0.2) is 59.1 Å². The Hall–Kier alpha value is -5.37. The van der Waals surface area contributed by atoms with Gasteiger partial charge in [-0.25, -0.2) is 22.5 Å². The van der Waals surface area contributed by atoms with Gasteiger partial charge in [-0.3, -0.25) is 9.78 Å². The van der Waals surface area contributed by atoms with E-state index in [-0.39, 0.29) is 40.5 Å². The van der Waals surface area contributed by atoms with E-state index in [0.29, 0.717) is 68.8 Å². The Balaban J connectivity index is 1.20. The van der Waals surface area contributed by atoms with Crippen molar-refractivity contribution in [3.63, 3.8) is 0 Å². The summed E-state index contributed by atoms with van der Waals surface area (Å²) in [7, 11) is 1.22. The molecule has 0 unspecified atom stereocenters. The number of rotatable bonds is 8. The number of hydrogen-bond acceptors (Lipinski definition) is 9. The van der Waals surface area contributed by atoms with Gasteiger partial charge < -0.3 is 19.4 Å². The molecule has 6 heterocycles. The lowest BCUT2D eigenvalue weighted by molar-refractivity contribution is 0.0776. The van der Waals surface area contributed by atoms with E-state index in [1.165, 1.54) is 36.6 Å². The summed E-state index contributed by atoms with van der Waals surface area (Å²) >= 11 is 1.33. The summed E-state index contributed by atoms with van der Waals surface area (Å²) in [5.74, 6) is -0.701. The van der Waals surface area contributed by atoms with E-state index < -0.39 is 24.2 Å². The number of benzene rings is 2. The molecule has 1 N–H and O–H groups in total. The van der Waals surface area contributed by atoms with E-state index in [1.807, 2.05) is 11.0 Å². The Morgan fingerprint density at radius 1 is 1.04 bits per heavy atom. The summed E-state index contributed by atoms with van der Waals surface area (Å²) in [6.07, 6.45) is 0.0502. The number of thiophene rings is 1. The molecule has 14 heteroatoms. The highest BCUT2D eigenvalue weighted by atomic mass is 32.1. The number of halogens is 4. The SMILES string of the molecule is COc1c(F)ccc2c1[C@H](F)[C@@H](F)[C@H]2Nc1nccc2cc(-c3c4c(nc(CCc5ccc(F)cc5)c3-c3nnc(C)o3)[C@@H]3CCCN3C4=O)sc12. The van der Waals surface area contributed by atoms with Crippen LogP contribution in [-0.2, 0) is 12.8 Å². The van der Waals surface area contributed by atoms with Crippen LogP contribution in [0.3, 0.4) is 0 Å². The van der Waals surface area contributed by atoms with E-state index in [0.717, 1.165) is 29.9 Å². The second-order valence-corrected chi connectivity index (χ2v) is 14.3. The maximum Gasteiger partial charge on any atom is 0.257 e. The topological polar surface area (TPSA) is 106 Å². The van der Waals surface area contributed by atoms with Crippen molar-refractivity contribution < 1.29 is 31.5 Å². The van der Waals surface area contributed by atoms with Crippen LogP contribution in [0.25, 0.3) is 32.0 Å². The van der Waals surface area contributed by atoms with Crippen molar-refractivity contribution >= 4 is 33.1 Å². The summed E-state index contributed by atoms with van der Waals surface area (Å²) in [6.45, 7) is 2.30. The Morgan fingerprint density at radius 2 is 1.87 bits per heavy atom. The van der Waals surface area contributed by atoms with Crippen molar-refractivity contribution in [3.8, 4) is 27.6 Å². The van der Waals surface area contributed by atoms with Gasteiger partial charge in [0.2, 0.25) is 11.8 Å². The number of nitrogens with zero attached hydrogens (tertiary/aromatic N) is 5. The number of nitrogens with one attached hydrogen (secondary N) is 1. The lowest BCUT2D eigenvalue weighted by Gasteiger charge is -2.18. The van der Waals surface area contributed by atoms with Gasteiger partial charge in [0.25, 0.3) is 5.91 Å². The first-order valence-electron chi connectivity index (χ1n) is 16.9. The average molecular weight is 727 g/mol. The van der Waals surface area contributed by atoms with Crippen molar-refractivity contribution in [2.75, 3.05) is 19.0 Å². The Bertz CT molecular complexity index is 2400. The summed E-state index contributed by atoms with van der Waals surface area (Å²) < 4.78 is 71.0. The van der Waals surface area contributed by atoms with Crippen molar-refractivity contribution in [1.29, 1.82) is 0 Å². The van der Waals surface area contributed by atoms with Crippen LogP contribution < -0.4 is 10.1 Å². The predicted octanol–water partition coefficient (Wildman–Crippen LogP) is 8.59. The molecule has 0 bridgehead atoms. The van der Waals surface area contributed by atoms with Crippen LogP contribution in [-0.4, -0.2) is 50.8 Å². The standard InChI is InChI=1S/C38H30F4N6O3S/c1-17-46-47-37(51-17)27-23(12-7-18-5-8-20(39)9-6-18)44-33-24-4-3-15-48(24)38(49)29(33)28(27)25-16-19-13-14-43-36(35(19)52-25)45-32-21-10-11-22(40)34(50-2)26(21)30(41)31(32)42/h5-6,8-11,13-14,16,24,30-32H,3-4,7,12,15H2,1-2H3,(H,43,45)/t24-,30-,31+,32-/m0/s1. The number of hydrogen-bond donors (Lipinski definition) is 1. The van der Waals surface area contributed by atoms with Crippen molar-refractivity contribution in [2.24, 2.45) is 0 Å². The quantitative estimate of drug-likeness (QED) is 0.156. The van der Waals surface area contributed by atoms with Crippen LogP contribution >= 0.6 is 11.3 Å². The molecule has 9 nitrogen and oxygen atoms in total. The van der Waals surface area contributed by atoms with E-state index in [4.69, 9.17) is 14.1 Å². The zero-order valence-electron chi connectivity index (χ0n) is 27.9. The fourth-order valence-electron chi connectivity index (χ4n) is 7.87. The molecule has 0 spiro atoms. The Morgan fingerprint density at radius 3 is 2.63 bits per heavy atom. The number of methoxy groups -OCH3 is 1. The van der Waals surface area contributed by atoms with E-state index in [1.54, 1.807) is 31.3 Å². The third-order valence-electron chi connectivity index (χ3n) is 10.2. The molecule has 6 aromatic rings. The fourth-order valence-corrected chi connectivity index (χ4v) is 9.03. The first-order chi connectivity index (χ1) is 25.2. The third-order valence-corrected chi connectivity index (χ3v) is 11.4. The highest BCUT2D eigenvalue weighted by Gasteiger charge is 2.46. The van der Waals surface area contributed by atoms with E-state index >= 15 is 8.78 Å².